The van der Waals surface area contributed by atoms with Gasteiger partial charge >= 0.3 is 0 Å². The van der Waals surface area contributed by atoms with Crippen molar-refractivity contribution >= 4 is 11.6 Å². The number of β-amino-alcohol motifs (C(OH)–C–C–N with tert-alkyl or cyclic N) is 1. The minimum absolute atomic E-state index is 0.178. The van der Waals surface area contributed by atoms with Gasteiger partial charge in [-0.3, -0.25) is 4.79 Å². The fraction of sp³-hybridized carbons (Fsp3) is 0.263. The van der Waals surface area contributed by atoms with Crippen LogP contribution in [0.25, 0.3) is 16.9 Å². The molecule has 1 saturated heterocycles. The van der Waals surface area contributed by atoms with Crippen molar-refractivity contribution in [1.82, 2.24) is 20.0 Å². The fourth-order valence-electron chi connectivity index (χ4n) is 3.14. The number of hydrogen-bond acceptors (Lipinski definition) is 4. The van der Waals surface area contributed by atoms with Gasteiger partial charge in [0, 0.05) is 24.5 Å². The Kier molecular flexibility index (Phi) is 4.21. The first-order chi connectivity index (χ1) is 12.2. The maximum atomic E-state index is 12.5. The predicted octanol–water partition coefficient (Wildman–Crippen LogP) is 1.45. The average Bonchev–Trinajstić information content (AvgIpc) is 3.07. The smallest absolute Gasteiger partial charge is 0.253 e. The lowest BCUT2D eigenvalue weighted by Gasteiger charge is -2.29. The van der Waals surface area contributed by atoms with Gasteiger partial charge in [-0.25, -0.2) is 4.98 Å². The number of nitrogens with zero attached hydrogens (tertiary/aromatic N) is 2. The van der Waals surface area contributed by atoms with E-state index in [0.717, 1.165) is 29.9 Å². The Balaban J connectivity index is 1.57. The zero-order valence-corrected chi connectivity index (χ0v) is 13.7. The van der Waals surface area contributed by atoms with Crippen molar-refractivity contribution in [2.45, 2.75) is 18.6 Å². The van der Waals surface area contributed by atoms with Gasteiger partial charge < -0.3 is 20.1 Å². The van der Waals surface area contributed by atoms with E-state index in [1.165, 1.54) is 0 Å². The van der Waals surface area contributed by atoms with Crippen LogP contribution in [0.5, 0.6) is 0 Å². The molecule has 4 rings (SSSR count). The third kappa shape index (κ3) is 3.26. The summed E-state index contributed by atoms with van der Waals surface area (Å²) in [6.45, 7) is 1.30. The highest BCUT2D eigenvalue weighted by atomic mass is 16.3. The largest absolute Gasteiger partial charge is 0.390 e. The molecular weight excluding hydrogens is 316 g/mol. The molecule has 2 aromatic heterocycles. The second-order valence-electron chi connectivity index (χ2n) is 6.32. The molecule has 1 fully saturated rings. The van der Waals surface area contributed by atoms with E-state index in [2.05, 4.69) is 15.6 Å². The van der Waals surface area contributed by atoms with Crippen molar-refractivity contribution < 1.29 is 9.90 Å². The Morgan fingerprint density at radius 3 is 2.84 bits per heavy atom. The highest BCUT2D eigenvalue weighted by Crippen LogP contribution is 2.19. The van der Waals surface area contributed by atoms with Crippen molar-refractivity contribution in [2.24, 2.45) is 0 Å². The maximum absolute atomic E-state index is 12.5. The Bertz CT molecular complexity index is 891. The Morgan fingerprint density at radius 1 is 1.20 bits per heavy atom. The molecule has 6 heteroatoms. The van der Waals surface area contributed by atoms with Crippen LogP contribution in [-0.2, 0) is 0 Å². The van der Waals surface area contributed by atoms with E-state index in [1.807, 2.05) is 47.0 Å². The van der Waals surface area contributed by atoms with Gasteiger partial charge in [-0.05, 0) is 25.1 Å². The van der Waals surface area contributed by atoms with Crippen LogP contribution < -0.4 is 10.6 Å². The van der Waals surface area contributed by atoms with Gasteiger partial charge in [0.2, 0.25) is 0 Å². The second-order valence-corrected chi connectivity index (χ2v) is 6.32. The molecular formula is C19H20N4O2. The Labute approximate surface area is 145 Å². The lowest BCUT2D eigenvalue weighted by Crippen LogP contribution is -2.52. The van der Waals surface area contributed by atoms with Crippen molar-refractivity contribution in [1.29, 1.82) is 0 Å². The number of fused-ring (bicyclic) bond motifs is 1. The number of imidazole rings is 1. The predicted molar refractivity (Wildman–Crippen MR) is 95.4 cm³/mol. The molecule has 3 N–H and O–H groups in total. The maximum Gasteiger partial charge on any atom is 0.253 e. The van der Waals surface area contributed by atoms with Crippen LogP contribution in [0.3, 0.4) is 0 Å². The molecule has 3 heterocycles. The van der Waals surface area contributed by atoms with Gasteiger partial charge in [0.1, 0.15) is 5.65 Å². The number of aliphatic hydroxyl groups is 1. The molecule has 128 valence electrons. The third-order valence-corrected chi connectivity index (χ3v) is 4.55. The lowest BCUT2D eigenvalue weighted by atomic mass is 10.0. The van der Waals surface area contributed by atoms with E-state index in [0.29, 0.717) is 12.1 Å². The molecule has 3 aromatic rings. The molecule has 1 amide bonds. The number of nitrogens with one attached hydrogen (secondary N) is 2. The number of aromatic nitrogens is 2. The number of rotatable bonds is 3. The fourth-order valence-corrected chi connectivity index (χ4v) is 3.14. The summed E-state index contributed by atoms with van der Waals surface area (Å²) in [5.74, 6) is -0.178. The van der Waals surface area contributed by atoms with Crippen LogP contribution in [0.1, 0.15) is 16.8 Å². The minimum Gasteiger partial charge on any atom is -0.390 e. The van der Waals surface area contributed by atoms with E-state index in [9.17, 15) is 9.90 Å². The number of piperidine rings is 1. The zero-order chi connectivity index (χ0) is 17.2. The van der Waals surface area contributed by atoms with Crippen LogP contribution in [0, 0.1) is 0 Å². The SMILES string of the molecule is O=C(N[C@@H]1CCNC[C@H]1O)c1ccc2nc(-c3ccccc3)cn2c1. The van der Waals surface area contributed by atoms with Crippen LogP contribution in [0.2, 0.25) is 0 Å². The molecule has 0 unspecified atom stereocenters. The Hall–Kier alpha value is -2.70. The summed E-state index contributed by atoms with van der Waals surface area (Å²) in [5.41, 5.74) is 3.24. The summed E-state index contributed by atoms with van der Waals surface area (Å²) in [7, 11) is 0. The highest BCUT2D eigenvalue weighted by Gasteiger charge is 2.24. The molecule has 1 aliphatic rings. The van der Waals surface area contributed by atoms with E-state index in [1.54, 1.807) is 12.3 Å². The molecule has 2 atom stereocenters. The van der Waals surface area contributed by atoms with E-state index in [-0.39, 0.29) is 11.9 Å². The van der Waals surface area contributed by atoms with Gasteiger partial charge in [-0.15, -0.1) is 0 Å². The monoisotopic (exact) mass is 336 g/mol. The van der Waals surface area contributed by atoms with Crippen LogP contribution in [0.15, 0.2) is 54.9 Å². The number of aliphatic hydroxyl groups excluding tert-OH is 1. The standard InChI is InChI=1S/C19H20N4O2/c24-17-10-20-9-8-15(17)22-19(25)14-6-7-18-21-16(12-23(18)11-14)13-4-2-1-3-5-13/h1-7,11-12,15,17,20,24H,8-10H2,(H,22,25)/t15-,17-/m1/s1. The molecule has 0 radical (unpaired) electrons. The summed E-state index contributed by atoms with van der Waals surface area (Å²) in [4.78, 5) is 17.1. The molecule has 6 nitrogen and oxygen atoms in total. The summed E-state index contributed by atoms with van der Waals surface area (Å²) in [6.07, 6.45) is 3.86. The van der Waals surface area contributed by atoms with E-state index in [4.69, 9.17) is 0 Å². The first kappa shape index (κ1) is 15.8. The van der Waals surface area contributed by atoms with Gasteiger partial charge in [-0.1, -0.05) is 30.3 Å². The normalized spacial score (nSPS) is 20.5. The molecule has 0 spiro atoms. The number of amides is 1. The van der Waals surface area contributed by atoms with Crippen molar-refractivity contribution in [3.63, 3.8) is 0 Å². The minimum atomic E-state index is -0.556. The molecule has 1 aliphatic heterocycles. The molecule has 25 heavy (non-hydrogen) atoms. The number of benzene rings is 1. The van der Waals surface area contributed by atoms with Crippen LogP contribution in [0.4, 0.5) is 0 Å². The number of carbonyl (C=O) groups is 1. The van der Waals surface area contributed by atoms with Gasteiger partial charge in [0.25, 0.3) is 5.91 Å². The topological polar surface area (TPSA) is 78.7 Å². The quantitative estimate of drug-likeness (QED) is 0.676. The second kappa shape index (κ2) is 6.66. The number of pyridine rings is 1. The third-order valence-electron chi connectivity index (χ3n) is 4.55. The number of hydrogen-bond donors (Lipinski definition) is 3. The summed E-state index contributed by atoms with van der Waals surface area (Å²) >= 11 is 0. The van der Waals surface area contributed by atoms with Gasteiger partial charge in [-0.2, -0.15) is 0 Å². The van der Waals surface area contributed by atoms with Crippen molar-refractivity contribution in [3.8, 4) is 11.3 Å². The van der Waals surface area contributed by atoms with Gasteiger partial charge in [0.05, 0.1) is 23.4 Å². The highest BCUT2D eigenvalue weighted by molar-refractivity contribution is 5.94. The molecule has 0 saturated carbocycles. The zero-order valence-electron chi connectivity index (χ0n) is 13.7. The van der Waals surface area contributed by atoms with Crippen LogP contribution in [-0.4, -0.2) is 45.6 Å². The molecule has 0 aliphatic carbocycles. The summed E-state index contributed by atoms with van der Waals surface area (Å²) in [6, 6.07) is 13.3. The van der Waals surface area contributed by atoms with E-state index >= 15 is 0 Å². The summed E-state index contributed by atoms with van der Waals surface area (Å²) < 4.78 is 1.86. The van der Waals surface area contributed by atoms with Crippen molar-refractivity contribution in [2.75, 3.05) is 13.1 Å². The van der Waals surface area contributed by atoms with E-state index < -0.39 is 6.10 Å². The number of carbonyl (C=O) groups excluding carboxylic acids is 1. The first-order valence-electron chi connectivity index (χ1n) is 8.44. The average molecular weight is 336 g/mol. The van der Waals surface area contributed by atoms with Gasteiger partial charge in [0.15, 0.2) is 0 Å². The summed E-state index contributed by atoms with van der Waals surface area (Å²) in [5, 5.41) is 16.0. The van der Waals surface area contributed by atoms with Crippen LogP contribution >= 0.6 is 0 Å². The lowest BCUT2D eigenvalue weighted by molar-refractivity contribution is 0.0765. The Morgan fingerprint density at radius 2 is 2.04 bits per heavy atom. The first-order valence-corrected chi connectivity index (χ1v) is 8.44. The van der Waals surface area contributed by atoms with Crippen molar-refractivity contribution in [3.05, 3.63) is 60.4 Å². The molecule has 1 aromatic carbocycles. The molecule has 0 bridgehead atoms.